The van der Waals surface area contributed by atoms with E-state index in [1.54, 1.807) is 38.5 Å². The lowest BCUT2D eigenvalue weighted by Crippen LogP contribution is -2.26. The maximum Gasteiger partial charge on any atom is 0.247 e. The standard InChI is InChI=1S/C18H19ClN2O4S/c1-24-12-8-9-14(18(10-12)25-2)16-11-17(21(20-16)26(3,22)23)13-6-4-5-7-15(13)19/h4-10,17H,11H2,1-3H3/t17-/m0/s1. The highest BCUT2D eigenvalue weighted by Gasteiger charge is 2.36. The predicted molar refractivity (Wildman–Crippen MR) is 102 cm³/mol. The van der Waals surface area contributed by atoms with Crippen LogP contribution in [-0.2, 0) is 10.0 Å². The maximum atomic E-state index is 12.3. The second-order valence-corrected chi connectivity index (χ2v) is 8.14. The van der Waals surface area contributed by atoms with E-state index in [4.69, 9.17) is 21.1 Å². The molecule has 1 atom stereocenters. The van der Waals surface area contributed by atoms with E-state index in [-0.39, 0.29) is 0 Å². The van der Waals surface area contributed by atoms with Crippen molar-refractivity contribution in [1.82, 2.24) is 4.41 Å². The summed E-state index contributed by atoms with van der Waals surface area (Å²) in [6.07, 6.45) is 1.52. The van der Waals surface area contributed by atoms with Crippen molar-refractivity contribution in [2.45, 2.75) is 12.5 Å². The Hall–Kier alpha value is -2.25. The van der Waals surface area contributed by atoms with Gasteiger partial charge in [-0.3, -0.25) is 0 Å². The fourth-order valence-corrected chi connectivity index (χ4v) is 4.13. The van der Waals surface area contributed by atoms with Crippen LogP contribution in [0.3, 0.4) is 0 Å². The molecule has 2 aromatic rings. The molecule has 138 valence electrons. The van der Waals surface area contributed by atoms with Gasteiger partial charge in [0, 0.05) is 23.1 Å². The molecule has 6 nitrogen and oxygen atoms in total. The Bertz CT molecular complexity index is 959. The Kier molecular flexibility index (Phi) is 5.11. The average Bonchev–Trinajstić information content (AvgIpc) is 3.06. The van der Waals surface area contributed by atoms with Crippen LogP contribution in [0.4, 0.5) is 0 Å². The third-order valence-corrected chi connectivity index (χ3v) is 5.56. The van der Waals surface area contributed by atoms with E-state index >= 15 is 0 Å². The third-order valence-electron chi connectivity index (χ3n) is 4.20. The summed E-state index contributed by atoms with van der Waals surface area (Å²) in [6, 6.07) is 12.0. The van der Waals surface area contributed by atoms with Crippen molar-refractivity contribution in [3.8, 4) is 11.5 Å². The van der Waals surface area contributed by atoms with Crippen molar-refractivity contribution in [2.24, 2.45) is 5.10 Å². The van der Waals surface area contributed by atoms with Gasteiger partial charge in [-0.1, -0.05) is 29.8 Å². The number of ether oxygens (including phenoxy) is 2. The normalized spacial score (nSPS) is 17.2. The van der Waals surface area contributed by atoms with E-state index in [2.05, 4.69) is 5.10 Å². The molecule has 1 aliphatic rings. The van der Waals surface area contributed by atoms with Crippen molar-refractivity contribution in [2.75, 3.05) is 20.5 Å². The fraction of sp³-hybridized carbons (Fsp3) is 0.278. The quantitative estimate of drug-likeness (QED) is 0.778. The molecule has 0 N–H and O–H groups in total. The molecule has 0 unspecified atom stereocenters. The van der Waals surface area contributed by atoms with Crippen molar-refractivity contribution in [1.29, 1.82) is 0 Å². The summed E-state index contributed by atoms with van der Waals surface area (Å²) in [5.41, 5.74) is 2.04. The first-order chi connectivity index (χ1) is 12.3. The average molecular weight is 395 g/mol. The summed E-state index contributed by atoms with van der Waals surface area (Å²) in [7, 11) is -0.449. The molecule has 3 rings (SSSR count). The van der Waals surface area contributed by atoms with Crippen molar-refractivity contribution in [3.05, 3.63) is 58.6 Å². The molecule has 8 heteroatoms. The minimum Gasteiger partial charge on any atom is -0.497 e. The lowest BCUT2D eigenvalue weighted by Gasteiger charge is -2.22. The smallest absolute Gasteiger partial charge is 0.247 e. The molecule has 0 aliphatic carbocycles. The van der Waals surface area contributed by atoms with Crippen LogP contribution in [0.2, 0.25) is 5.02 Å². The van der Waals surface area contributed by atoms with Crippen LogP contribution < -0.4 is 9.47 Å². The van der Waals surface area contributed by atoms with Gasteiger partial charge in [-0.15, -0.1) is 0 Å². The first-order valence-electron chi connectivity index (χ1n) is 7.89. The van der Waals surface area contributed by atoms with Gasteiger partial charge >= 0.3 is 0 Å². The molecule has 0 spiro atoms. The van der Waals surface area contributed by atoms with Crippen LogP contribution >= 0.6 is 11.6 Å². The van der Waals surface area contributed by atoms with Gasteiger partial charge in [-0.2, -0.15) is 9.52 Å². The van der Waals surface area contributed by atoms with Crippen molar-refractivity contribution >= 4 is 27.3 Å². The van der Waals surface area contributed by atoms with Crippen LogP contribution in [0.15, 0.2) is 47.6 Å². The van der Waals surface area contributed by atoms with Gasteiger partial charge in [-0.05, 0) is 23.8 Å². The van der Waals surface area contributed by atoms with Crippen LogP contribution in [0.5, 0.6) is 11.5 Å². The van der Waals surface area contributed by atoms with Crippen LogP contribution in [-0.4, -0.2) is 39.0 Å². The highest BCUT2D eigenvalue weighted by Crippen LogP contribution is 2.39. The molecule has 0 amide bonds. The van der Waals surface area contributed by atoms with Crippen LogP contribution in [0.1, 0.15) is 23.6 Å². The van der Waals surface area contributed by atoms with E-state index < -0.39 is 16.1 Å². The molecule has 26 heavy (non-hydrogen) atoms. The zero-order valence-corrected chi connectivity index (χ0v) is 16.2. The molecule has 0 saturated carbocycles. The highest BCUT2D eigenvalue weighted by atomic mass is 35.5. The predicted octanol–water partition coefficient (Wildman–Crippen LogP) is 3.47. The second-order valence-electron chi connectivity index (χ2n) is 5.89. The summed E-state index contributed by atoms with van der Waals surface area (Å²) in [5, 5.41) is 4.88. The minimum absolute atomic E-state index is 0.388. The number of benzene rings is 2. The fourth-order valence-electron chi connectivity index (χ4n) is 2.97. The summed E-state index contributed by atoms with van der Waals surface area (Å²) in [4.78, 5) is 0. The van der Waals surface area contributed by atoms with Crippen LogP contribution in [0.25, 0.3) is 0 Å². The van der Waals surface area contributed by atoms with Gasteiger partial charge < -0.3 is 9.47 Å². The molecular weight excluding hydrogens is 376 g/mol. The molecule has 0 bridgehead atoms. The second kappa shape index (κ2) is 7.17. The lowest BCUT2D eigenvalue weighted by molar-refractivity contribution is 0.375. The zero-order chi connectivity index (χ0) is 18.9. The summed E-state index contributed by atoms with van der Waals surface area (Å²) in [6.45, 7) is 0. The van der Waals surface area contributed by atoms with Gasteiger partial charge in [0.1, 0.15) is 11.5 Å². The van der Waals surface area contributed by atoms with E-state index in [1.165, 1.54) is 0 Å². The number of hydrogen-bond acceptors (Lipinski definition) is 5. The van der Waals surface area contributed by atoms with Gasteiger partial charge in [0.2, 0.25) is 10.0 Å². The summed E-state index contributed by atoms with van der Waals surface area (Å²) in [5.74, 6) is 1.21. The third kappa shape index (κ3) is 3.50. The molecule has 1 heterocycles. The number of rotatable bonds is 5. The Morgan fingerprint density at radius 2 is 1.88 bits per heavy atom. The molecular formula is C18H19ClN2O4S. The first kappa shape index (κ1) is 18.5. The number of hydrogen-bond donors (Lipinski definition) is 0. The topological polar surface area (TPSA) is 68.2 Å². The SMILES string of the molecule is COc1ccc(C2=NN(S(C)(=O)=O)[C@H](c3ccccc3Cl)C2)c(OC)c1. The van der Waals surface area contributed by atoms with Gasteiger partial charge in [0.15, 0.2) is 0 Å². The molecule has 0 aromatic heterocycles. The lowest BCUT2D eigenvalue weighted by atomic mass is 9.98. The Balaban J connectivity index is 2.07. The van der Waals surface area contributed by atoms with Gasteiger partial charge in [0.25, 0.3) is 0 Å². The van der Waals surface area contributed by atoms with Crippen molar-refractivity contribution < 1.29 is 17.9 Å². The van der Waals surface area contributed by atoms with Gasteiger partial charge in [0.05, 0.1) is 32.2 Å². The van der Waals surface area contributed by atoms with Gasteiger partial charge in [-0.25, -0.2) is 8.42 Å². The minimum atomic E-state index is -3.57. The maximum absolute atomic E-state index is 12.3. The molecule has 0 saturated heterocycles. The molecule has 2 aromatic carbocycles. The van der Waals surface area contributed by atoms with E-state index in [0.29, 0.717) is 34.2 Å². The van der Waals surface area contributed by atoms with E-state index in [9.17, 15) is 8.42 Å². The van der Waals surface area contributed by atoms with Crippen LogP contribution in [0, 0.1) is 0 Å². The van der Waals surface area contributed by atoms with E-state index in [0.717, 1.165) is 16.2 Å². The summed E-state index contributed by atoms with van der Waals surface area (Å²) >= 11 is 6.30. The Morgan fingerprint density at radius 3 is 2.50 bits per heavy atom. The molecule has 0 fully saturated rings. The molecule has 0 radical (unpaired) electrons. The number of hydrazone groups is 1. The molecule has 1 aliphatic heterocycles. The van der Waals surface area contributed by atoms with Crippen molar-refractivity contribution in [3.63, 3.8) is 0 Å². The Labute approximate surface area is 158 Å². The first-order valence-corrected chi connectivity index (χ1v) is 10.1. The Morgan fingerprint density at radius 1 is 1.15 bits per heavy atom. The number of methoxy groups -OCH3 is 2. The summed E-state index contributed by atoms with van der Waals surface area (Å²) < 4.78 is 36.3. The largest absolute Gasteiger partial charge is 0.497 e. The van der Waals surface area contributed by atoms with E-state index in [1.807, 2.05) is 18.2 Å². The monoisotopic (exact) mass is 394 g/mol. The zero-order valence-electron chi connectivity index (χ0n) is 14.6. The number of halogens is 1. The number of sulfonamides is 1. The number of nitrogens with zero attached hydrogens (tertiary/aromatic N) is 2. The highest BCUT2D eigenvalue weighted by molar-refractivity contribution is 7.88.